The van der Waals surface area contributed by atoms with Crippen LogP contribution in [-0.4, -0.2) is 40.6 Å². The highest BCUT2D eigenvalue weighted by Crippen LogP contribution is 2.31. The molecule has 0 radical (unpaired) electrons. The molecule has 32 heavy (non-hydrogen) atoms. The Kier molecular flexibility index (Phi) is 6.26. The van der Waals surface area contributed by atoms with Gasteiger partial charge in [0, 0.05) is 18.7 Å². The van der Waals surface area contributed by atoms with E-state index in [1.165, 1.54) is 12.1 Å². The number of rotatable bonds is 5. The summed E-state index contributed by atoms with van der Waals surface area (Å²) in [4.78, 5) is 19.1. The van der Waals surface area contributed by atoms with Gasteiger partial charge in [-0.1, -0.05) is 56.3 Å². The lowest BCUT2D eigenvalue weighted by Gasteiger charge is -2.31. The van der Waals surface area contributed by atoms with Crippen LogP contribution in [0.4, 0.5) is 4.39 Å². The molecule has 0 aliphatic carbocycles. The first-order valence-electron chi connectivity index (χ1n) is 10.9. The number of hydrogen-bond donors (Lipinski definition) is 0. The predicted molar refractivity (Wildman–Crippen MR) is 119 cm³/mol. The van der Waals surface area contributed by atoms with Crippen LogP contribution in [0.25, 0.3) is 11.4 Å². The molecule has 0 bridgehead atoms. The third-order valence-corrected chi connectivity index (χ3v) is 5.69. The number of aromatic nitrogens is 2. The van der Waals surface area contributed by atoms with Gasteiger partial charge in [0.15, 0.2) is 6.61 Å². The Labute approximate surface area is 187 Å². The Morgan fingerprint density at radius 2 is 2.03 bits per heavy atom. The number of nitrogens with zero attached hydrogens (tertiary/aromatic N) is 3. The van der Waals surface area contributed by atoms with Gasteiger partial charge in [0.25, 0.3) is 5.91 Å². The number of benzene rings is 2. The predicted octanol–water partition coefficient (Wildman–Crippen LogP) is 4.96. The molecule has 1 aliphatic rings. The topological polar surface area (TPSA) is 68.5 Å². The number of amides is 1. The number of likely N-dealkylation sites (tertiary alicyclic amines) is 1. The van der Waals surface area contributed by atoms with Crippen molar-refractivity contribution in [1.82, 2.24) is 15.0 Å². The molecule has 1 aromatic heterocycles. The van der Waals surface area contributed by atoms with Crippen LogP contribution in [-0.2, 0) is 10.2 Å². The maximum Gasteiger partial charge on any atom is 0.260 e. The minimum atomic E-state index is -0.351. The number of halogens is 1. The Morgan fingerprint density at radius 3 is 2.81 bits per heavy atom. The molecule has 2 heterocycles. The smallest absolute Gasteiger partial charge is 0.260 e. The molecule has 4 rings (SSSR count). The minimum Gasteiger partial charge on any atom is -0.483 e. The largest absolute Gasteiger partial charge is 0.483 e. The molecule has 6 nitrogen and oxygen atoms in total. The van der Waals surface area contributed by atoms with E-state index in [-0.39, 0.29) is 29.7 Å². The fraction of sp³-hybridized carbons (Fsp3) is 0.400. The maximum absolute atomic E-state index is 13.5. The molecule has 1 fully saturated rings. The van der Waals surface area contributed by atoms with E-state index in [0.717, 1.165) is 24.2 Å². The van der Waals surface area contributed by atoms with Crippen LogP contribution >= 0.6 is 0 Å². The summed E-state index contributed by atoms with van der Waals surface area (Å²) in [5, 5.41) is 4.00. The van der Waals surface area contributed by atoms with E-state index in [2.05, 4.69) is 30.9 Å². The summed E-state index contributed by atoms with van der Waals surface area (Å²) in [7, 11) is 0. The second-order valence-corrected chi connectivity index (χ2v) is 9.18. The fourth-order valence-corrected chi connectivity index (χ4v) is 3.99. The van der Waals surface area contributed by atoms with Crippen LogP contribution in [0.2, 0.25) is 0 Å². The molecular weight excluding hydrogens is 409 g/mol. The van der Waals surface area contributed by atoms with E-state index in [1.54, 1.807) is 17.0 Å². The SMILES string of the molecule is CC(C)(C)c1ccccc1OCC(=O)N1CCCC(c2nc(-c3cccc(F)c3)no2)C1. The summed E-state index contributed by atoms with van der Waals surface area (Å²) in [6.45, 7) is 7.51. The third-order valence-electron chi connectivity index (χ3n) is 5.69. The quantitative estimate of drug-likeness (QED) is 0.564. The van der Waals surface area contributed by atoms with Crippen molar-refractivity contribution in [3.05, 3.63) is 65.8 Å². The van der Waals surface area contributed by atoms with Gasteiger partial charge in [-0.2, -0.15) is 4.98 Å². The van der Waals surface area contributed by atoms with Gasteiger partial charge in [-0.3, -0.25) is 4.79 Å². The van der Waals surface area contributed by atoms with Crippen molar-refractivity contribution in [3.63, 3.8) is 0 Å². The van der Waals surface area contributed by atoms with Crippen molar-refractivity contribution >= 4 is 5.91 Å². The number of ether oxygens (including phenoxy) is 1. The standard InChI is InChI=1S/C25H28FN3O3/c1-25(2,3)20-11-4-5-12-21(20)31-16-22(30)29-13-7-9-18(15-29)24-27-23(28-32-24)17-8-6-10-19(26)14-17/h4-6,8,10-12,14,18H,7,9,13,15-16H2,1-3H3. The van der Waals surface area contributed by atoms with Crippen LogP contribution in [0, 0.1) is 5.82 Å². The monoisotopic (exact) mass is 437 g/mol. The highest BCUT2D eigenvalue weighted by molar-refractivity contribution is 5.78. The molecule has 0 saturated carbocycles. The summed E-state index contributed by atoms with van der Waals surface area (Å²) in [5.41, 5.74) is 1.56. The average molecular weight is 438 g/mol. The summed E-state index contributed by atoms with van der Waals surface area (Å²) in [6.07, 6.45) is 1.69. The number of carbonyl (C=O) groups excluding carboxylic acids is 1. The van der Waals surface area contributed by atoms with E-state index in [0.29, 0.717) is 30.4 Å². The minimum absolute atomic E-state index is 0.0157. The van der Waals surface area contributed by atoms with E-state index >= 15 is 0 Å². The van der Waals surface area contributed by atoms with Crippen LogP contribution in [0.5, 0.6) is 5.75 Å². The highest BCUT2D eigenvalue weighted by Gasteiger charge is 2.29. The van der Waals surface area contributed by atoms with Gasteiger partial charge in [-0.15, -0.1) is 0 Å². The first-order chi connectivity index (χ1) is 15.3. The molecule has 0 N–H and O–H groups in total. The Bertz CT molecular complexity index is 1090. The second kappa shape index (κ2) is 9.10. The van der Waals surface area contributed by atoms with Crippen LogP contribution in [0.1, 0.15) is 51.0 Å². The van der Waals surface area contributed by atoms with Crippen molar-refractivity contribution in [2.45, 2.75) is 44.9 Å². The van der Waals surface area contributed by atoms with Gasteiger partial charge in [0.05, 0.1) is 5.92 Å². The van der Waals surface area contributed by atoms with Crippen LogP contribution in [0.15, 0.2) is 53.1 Å². The number of hydrogen-bond acceptors (Lipinski definition) is 5. The van der Waals surface area contributed by atoms with Gasteiger partial charge in [0.2, 0.25) is 11.7 Å². The molecular formula is C25H28FN3O3. The molecule has 7 heteroatoms. The summed E-state index contributed by atoms with van der Waals surface area (Å²) in [6, 6.07) is 13.9. The van der Waals surface area contributed by atoms with Gasteiger partial charge in [-0.25, -0.2) is 4.39 Å². The van der Waals surface area contributed by atoms with Crippen molar-refractivity contribution in [2.75, 3.05) is 19.7 Å². The van der Waals surface area contributed by atoms with E-state index < -0.39 is 0 Å². The molecule has 0 spiro atoms. The Balaban J connectivity index is 1.40. The summed E-state index contributed by atoms with van der Waals surface area (Å²) in [5.74, 6) is 1.09. The van der Waals surface area contributed by atoms with E-state index in [1.807, 2.05) is 24.3 Å². The number of piperidine rings is 1. The molecule has 2 aromatic carbocycles. The molecule has 1 atom stereocenters. The number of para-hydroxylation sites is 1. The van der Waals surface area contributed by atoms with Gasteiger partial charge < -0.3 is 14.2 Å². The normalized spacial score (nSPS) is 16.8. The average Bonchev–Trinajstić information content (AvgIpc) is 3.28. The first-order valence-corrected chi connectivity index (χ1v) is 10.9. The third kappa shape index (κ3) is 4.98. The molecule has 1 aliphatic heterocycles. The zero-order valence-electron chi connectivity index (χ0n) is 18.7. The summed E-state index contributed by atoms with van der Waals surface area (Å²) >= 11 is 0. The van der Waals surface area contributed by atoms with Gasteiger partial charge >= 0.3 is 0 Å². The molecule has 1 amide bonds. The van der Waals surface area contributed by atoms with Gasteiger partial charge in [0.1, 0.15) is 11.6 Å². The van der Waals surface area contributed by atoms with Gasteiger partial charge in [-0.05, 0) is 42.0 Å². The first kappa shape index (κ1) is 22.0. The zero-order chi connectivity index (χ0) is 22.7. The van der Waals surface area contributed by atoms with Crippen LogP contribution < -0.4 is 4.74 Å². The summed E-state index contributed by atoms with van der Waals surface area (Å²) < 4.78 is 24.9. The maximum atomic E-state index is 13.5. The zero-order valence-corrected chi connectivity index (χ0v) is 18.7. The van der Waals surface area contributed by atoms with Crippen LogP contribution in [0.3, 0.4) is 0 Å². The van der Waals surface area contributed by atoms with Crippen molar-refractivity contribution in [1.29, 1.82) is 0 Å². The van der Waals surface area contributed by atoms with E-state index in [9.17, 15) is 9.18 Å². The lowest BCUT2D eigenvalue weighted by Crippen LogP contribution is -2.41. The molecule has 168 valence electrons. The van der Waals surface area contributed by atoms with Crippen molar-refractivity contribution in [2.24, 2.45) is 0 Å². The lowest BCUT2D eigenvalue weighted by molar-refractivity contribution is -0.134. The number of carbonyl (C=O) groups is 1. The Hall–Kier alpha value is -3.22. The lowest BCUT2D eigenvalue weighted by atomic mass is 9.86. The van der Waals surface area contributed by atoms with E-state index in [4.69, 9.17) is 9.26 Å². The Morgan fingerprint density at radius 1 is 1.22 bits per heavy atom. The van der Waals surface area contributed by atoms with Crippen molar-refractivity contribution < 1.29 is 18.4 Å². The second-order valence-electron chi connectivity index (χ2n) is 9.18. The molecule has 3 aromatic rings. The highest BCUT2D eigenvalue weighted by atomic mass is 19.1. The molecule has 1 saturated heterocycles. The van der Waals surface area contributed by atoms with Crippen molar-refractivity contribution in [3.8, 4) is 17.1 Å². The molecule has 1 unspecified atom stereocenters. The fourth-order valence-electron chi connectivity index (χ4n) is 3.99.